The molecule has 0 aliphatic rings. The molecule has 0 aliphatic carbocycles. The van der Waals surface area contributed by atoms with Crippen LogP contribution in [0.4, 0.5) is 0 Å². The fourth-order valence-corrected chi connectivity index (χ4v) is 1.36. The molecule has 18 heavy (non-hydrogen) atoms. The molecular formula is C13H15ClN2O2. The molecule has 96 valence electrons. The Labute approximate surface area is 111 Å². The second-order valence-corrected chi connectivity index (χ2v) is 4.33. The highest BCUT2D eigenvalue weighted by Gasteiger charge is 2.04. The van der Waals surface area contributed by atoms with E-state index in [1.54, 1.807) is 38.4 Å². The average Bonchev–Trinajstić information content (AvgIpc) is 2.33. The molecule has 0 heterocycles. The Balaban J connectivity index is 2.47. The maximum atomic E-state index is 11.4. The highest BCUT2D eigenvalue weighted by molar-refractivity contribution is 6.30. The summed E-state index contributed by atoms with van der Waals surface area (Å²) in [5.74, 6) is -0.468. The van der Waals surface area contributed by atoms with Crippen LogP contribution in [0.3, 0.4) is 0 Å². The first-order valence-corrected chi connectivity index (χ1v) is 5.78. The van der Waals surface area contributed by atoms with Gasteiger partial charge in [0.2, 0.25) is 11.8 Å². The van der Waals surface area contributed by atoms with E-state index in [0.29, 0.717) is 5.02 Å². The normalized spacial score (nSPS) is 10.4. The van der Waals surface area contributed by atoms with Crippen molar-refractivity contribution in [2.45, 2.75) is 0 Å². The van der Waals surface area contributed by atoms with Crippen LogP contribution in [0.15, 0.2) is 30.3 Å². The average molecular weight is 267 g/mol. The quantitative estimate of drug-likeness (QED) is 0.841. The van der Waals surface area contributed by atoms with E-state index in [9.17, 15) is 9.59 Å². The van der Waals surface area contributed by atoms with Crippen molar-refractivity contribution < 1.29 is 9.59 Å². The van der Waals surface area contributed by atoms with Crippen molar-refractivity contribution in [3.8, 4) is 0 Å². The minimum absolute atomic E-state index is 0.00822. The zero-order chi connectivity index (χ0) is 13.5. The second kappa shape index (κ2) is 6.81. The van der Waals surface area contributed by atoms with Crippen molar-refractivity contribution in [2.24, 2.45) is 0 Å². The maximum absolute atomic E-state index is 11.4. The summed E-state index contributed by atoms with van der Waals surface area (Å²) in [4.78, 5) is 24.1. The molecule has 0 aliphatic heterocycles. The van der Waals surface area contributed by atoms with Gasteiger partial charge in [0.05, 0.1) is 6.54 Å². The largest absolute Gasteiger partial charge is 0.347 e. The fraction of sp³-hybridized carbons (Fsp3) is 0.231. The second-order valence-electron chi connectivity index (χ2n) is 3.89. The lowest BCUT2D eigenvalue weighted by Gasteiger charge is -2.09. The molecule has 0 saturated heterocycles. The van der Waals surface area contributed by atoms with Crippen molar-refractivity contribution >= 4 is 29.5 Å². The Kier molecular flexibility index (Phi) is 5.39. The third-order valence-electron chi connectivity index (χ3n) is 2.19. The molecule has 0 atom stereocenters. The van der Waals surface area contributed by atoms with E-state index < -0.39 is 0 Å². The van der Waals surface area contributed by atoms with Crippen LogP contribution in [0.2, 0.25) is 5.02 Å². The monoisotopic (exact) mass is 266 g/mol. The van der Waals surface area contributed by atoms with Gasteiger partial charge in [0.25, 0.3) is 0 Å². The summed E-state index contributed by atoms with van der Waals surface area (Å²) in [6.45, 7) is -0.00822. The summed E-state index contributed by atoms with van der Waals surface area (Å²) in [6, 6.07) is 7.14. The predicted octanol–water partition coefficient (Wildman–Crippen LogP) is 1.56. The van der Waals surface area contributed by atoms with E-state index >= 15 is 0 Å². The number of hydrogen-bond donors (Lipinski definition) is 1. The molecule has 0 saturated carbocycles. The Hall–Kier alpha value is -1.81. The molecule has 2 amide bonds. The highest BCUT2D eigenvalue weighted by Crippen LogP contribution is 2.11. The lowest BCUT2D eigenvalue weighted by Crippen LogP contribution is -2.35. The van der Waals surface area contributed by atoms with Crippen molar-refractivity contribution in [1.82, 2.24) is 10.2 Å². The Morgan fingerprint density at radius 3 is 2.72 bits per heavy atom. The van der Waals surface area contributed by atoms with E-state index in [-0.39, 0.29) is 18.4 Å². The van der Waals surface area contributed by atoms with Crippen LogP contribution in [-0.4, -0.2) is 37.4 Å². The number of rotatable bonds is 4. The van der Waals surface area contributed by atoms with Crippen LogP contribution in [0, 0.1) is 0 Å². The Morgan fingerprint density at radius 1 is 1.39 bits per heavy atom. The van der Waals surface area contributed by atoms with Crippen molar-refractivity contribution in [2.75, 3.05) is 20.6 Å². The first-order valence-electron chi connectivity index (χ1n) is 5.40. The molecule has 4 nitrogen and oxygen atoms in total. The van der Waals surface area contributed by atoms with Crippen molar-refractivity contribution in [3.05, 3.63) is 40.9 Å². The molecule has 0 fully saturated rings. The van der Waals surface area contributed by atoms with E-state index in [1.165, 1.54) is 11.0 Å². The van der Waals surface area contributed by atoms with Crippen LogP contribution in [-0.2, 0) is 9.59 Å². The van der Waals surface area contributed by atoms with Crippen molar-refractivity contribution in [1.29, 1.82) is 0 Å². The van der Waals surface area contributed by atoms with Crippen molar-refractivity contribution in [3.63, 3.8) is 0 Å². The molecule has 1 rings (SSSR count). The number of carbonyl (C=O) groups is 2. The van der Waals surface area contributed by atoms with E-state index in [0.717, 1.165) is 5.56 Å². The molecule has 1 aromatic rings. The topological polar surface area (TPSA) is 49.4 Å². The number of nitrogens with zero attached hydrogens (tertiary/aromatic N) is 1. The summed E-state index contributed by atoms with van der Waals surface area (Å²) in [6.07, 6.45) is 3.01. The van der Waals surface area contributed by atoms with Crippen LogP contribution in [0.1, 0.15) is 5.56 Å². The summed E-state index contributed by atoms with van der Waals surface area (Å²) in [7, 11) is 3.27. The smallest absolute Gasteiger partial charge is 0.244 e. The van der Waals surface area contributed by atoms with E-state index in [2.05, 4.69) is 5.32 Å². The zero-order valence-electron chi connectivity index (χ0n) is 10.3. The summed E-state index contributed by atoms with van der Waals surface area (Å²) < 4.78 is 0. The Morgan fingerprint density at radius 2 is 2.11 bits per heavy atom. The van der Waals surface area contributed by atoms with Gasteiger partial charge < -0.3 is 10.2 Å². The molecule has 0 unspecified atom stereocenters. The van der Waals surface area contributed by atoms with Gasteiger partial charge in [-0.05, 0) is 23.8 Å². The van der Waals surface area contributed by atoms with Gasteiger partial charge >= 0.3 is 0 Å². The third-order valence-corrected chi connectivity index (χ3v) is 2.42. The number of carbonyl (C=O) groups excluding carboxylic acids is 2. The fourth-order valence-electron chi connectivity index (χ4n) is 1.16. The lowest BCUT2D eigenvalue weighted by molar-refractivity contribution is -0.129. The number of benzene rings is 1. The first kappa shape index (κ1) is 14.3. The van der Waals surface area contributed by atoms with Gasteiger partial charge in [-0.3, -0.25) is 9.59 Å². The molecular weight excluding hydrogens is 252 g/mol. The van der Waals surface area contributed by atoms with Gasteiger partial charge in [0, 0.05) is 25.2 Å². The van der Waals surface area contributed by atoms with Crippen LogP contribution in [0.25, 0.3) is 6.08 Å². The maximum Gasteiger partial charge on any atom is 0.244 e. The minimum Gasteiger partial charge on any atom is -0.347 e. The van der Waals surface area contributed by atoms with Gasteiger partial charge in [-0.15, -0.1) is 0 Å². The molecule has 0 spiro atoms. The van der Waals surface area contributed by atoms with E-state index in [4.69, 9.17) is 11.6 Å². The highest BCUT2D eigenvalue weighted by atomic mass is 35.5. The van der Waals surface area contributed by atoms with Gasteiger partial charge in [-0.2, -0.15) is 0 Å². The first-order chi connectivity index (χ1) is 8.49. The molecule has 0 aromatic heterocycles. The molecule has 0 bridgehead atoms. The van der Waals surface area contributed by atoms with Gasteiger partial charge in [-0.25, -0.2) is 0 Å². The summed E-state index contributed by atoms with van der Waals surface area (Å²) >= 11 is 5.81. The minimum atomic E-state index is -0.315. The van der Waals surface area contributed by atoms with E-state index in [1.807, 2.05) is 6.07 Å². The third kappa shape index (κ3) is 5.01. The summed E-state index contributed by atoms with van der Waals surface area (Å²) in [5.41, 5.74) is 0.830. The zero-order valence-corrected chi connectivity index (χ0v) is 11.1. The molecule has 0 radical (unpaired) electrons. The number of likely N-dealkylation sites (N-methyl/N-ethyl adjacent to an activating group) is 1. The number of nitrogens with one attached hydrogen (secondary N) is 1. The molecule has 1 aromatic carbocycles. The van der Waals surface area contributed by atoms with Crippen LogP contribution in [0.5, 0.6) is 0 Å². The predicted molar refractivity (Wildman–Crippen MR) is 72.2 cm³/mol. The Bertz CT molecular complexity index is 470. The van der Waals surface area contributed by atoms with Gasteiger partial charge in [-0.1, -0.05) is 23.7 Å². The number of amides is 2. The standard InChI is InChI=1S/C13H15ClN2O2/c1-16(2)13(18)9-15-12(17)7-6-10-4-3-5-11(14)8-10/h3-8H,9H2,1-2H3,(H,15,17)/b7-6+. The molecule has 5 heteroatoms. The molecule has 1 N–H and O–H groups in total. The van der Waals surface area contributed by atoms with Crippen LogP contribution >= 0.6 is 11.6 Å². The van der Waals surface area contributed by atoms with Crippen LogP contribution < -0.4 is 5.32 Å². The number of hydrogen-bond acceptors (Lipinski definition) is 2. The van der Waals surface area contributed by atoms with Gasteiger partial charge in [0.1, 0.15) is 0 Å². The lowest BCUT2D eigenvalue weighted by atomic mass is 10.2. The SMILES string of the molecule is CN(C)C(=O)CNC(=O)/C=C/c1cccc(Cl)c1. The number of halogens is 1. The summed E-state index contributed by atoms with van der Waals surface area (Å²) in [5, 5.41) is 3.11. The van der Waals surface area contributed by atoms with Gasteiger partial charge in [0.15, 0.2) is 0 Å².